The van der Waals surface area contributed by atoms with Crippen molar-refractivity contribution in [1.82, 2.24) is 4.98 Å². The molecule has 0 unspecified atom stereocenters. The molecule has 1 heterocycles. The van der Waals surface area contributed by atoms with Crippen molar-refractivity contribution in [2.75, 3.05) is 7.11 Å². The minimum absolute atomic E-state index is 0.377. The lowest BCUT2D eigenvalue weighted by Gasteiger charge is -2.01. The summed E-state index contributed by atoms with van der Waals surface area (Å²) in [6, 6.07) is 7.21. The highest BCUT2D eigenvalue weighted by Gasteiger charge is 2.16. The van der Waals surface area contributed by atoms with Crippen LogP contribution in [-0.4, -0.2) is 18.1 Å². The molecule has 16 heavy (non-hydrogen) atoms. The predicted molar refractivity (Wildman–Crippen MR) is 63.9 cm³/mol. The molecule has 0 amide bonds. The normalized spacial score (nSPS) is 10.1. The Morgan fingerprint density at radius 3 is 3.00 bits per heavy atom. The van der Waals surface area contributed by atoms with E-state index in [9.17, 15) is 4.79 Å². The van der Waals surface area contributed by atoms with E-state index in [2.05, 4.69) is 9.72 Å². The Morgan fingerprint density at radius 1 is 1.50 bits per heavy atom. The summed E-state index contributed by atoms with van der Waals surface area (Å²) in [5.41, 5.74) is 3.04. The summed E-state index contributed by atoms with van der Waals surface area (Å²) in [4.78, 5) is 16.1. The molecule has 0 aliphatic heterocycles. The molecular formula is C11H8ClNO2S. The Bertz CT molecular complexity index is 524. The number of ether oxygens (including phenoxy) is 1. The summed E-state index contributed by atoms with van der Waals surface area (Å²) >= 11 is 7.14. The van der Waals surface area contributed by atoms with Gasteiger partial charge in [-0.05, 0) is 12.1 Å². The number of methoxy groups -OCH3 is 1. The van der Waals surface area contributed by atoms with Crippen molar-refractivity contribution < 1.29 is 9.53 Å². The number of nitrogens with zero attached hydrogens (tertiary/aromatic N) is 1. The molecule has 0 aliphatic carbocycles. The molecular weight excluding hydrogens is 246 g/mol. The molecule has 3 nitrogen and oxygen atoms in total. The van der Waals surface area contributed by atoms with Crippen LogP contribution < -0.4 is 0 Å². The third kappa shape index (κ3) is 2.08. The molecule has 0 N–H and O–H groups in total. The van der Waals surface area contributed by atoms with Gasteiger partial charge in [-0.15, -0.1) is 11.3 Å². The van der Waals surface area contributed by atoms with Crippen LogP contribution in [-0.2, 0) is 4.74 Å². The fraction of sp³-hybridized carbons (Fsp3) is 0.0909. The smallest absolute Gasteiger partial charge is 0.350 e. The maximum absolute atomic E-state index is 11.5. The standard InChI is InChI=1S/C11H8ClNO2S/c1-15-11(14)10-9(13-6-16-10)7-3-2-4-8(12)5-7/h2-6H,1H3. The average Bonchev–Trinajstić information content (AvgIpc) is 2.77. The van der Waals surface area contributed by atoms with E-state index in [-0.39, 0.29) is 5.97 Å². The van der Waals surface area contributed by atoms with Crippen molar-refractivity contribution in [1.29, 1.82) is 0 Å². The molecule has 0 spiro atoms. The molecule has 0 atom stereocenters. The highest BCUT2D eigenvalue weighted by Crippen LogP contribution is 2.27. The number of hydrogen-bond acceptors (Lipinski definition) is 4. The Balaban J connectivity index is 2.48. The van der Waals surface area contributed by atoms with Gasteiger partial charge < -0.3 is 4.74 Å². The minimum Gasteiger partial charge on any atom is -0.465 e. The number of rotatable bonds is 2. The van der Waals surface area contributed by atoms with Crippen LogP contribution >= 0.6 is 22.9 Å². The Hall–Kier alpha value is -1.39. The van der Waals surface area contributed by atoms with Gasteiger partial charge in [0.1, 0.15) is 4.88 Å². The van der Waals surface area contributed by atoms with Crippen LogP contribution in [0.1, 0.15) is 9.67 Å². The molecule has 0 radical (unpaired) electrons. The van der Waals surface area contributed by atoms with Crippen molar-refractivity contribution in [3.63, 3.8) is 0 Å². The first kappa shape index (κ1) is 11.1. The SMILES string of the molecule is COC(=O)c1scnc1-c1cccc(Cl)c1. The molecule has 0 aliphatic rings. The largest absolute Gasteiger partial charge is 0.465 e. The van der Waals surface area contributed by atoms with Crippen LogP contribution in [0.2, 0.25) is 5.02 Å². The summed E-state index contributed by atoms with van der Waals surface area (Å²) in [5, 5.41) is 0.612. The molecule has 1 aromatic carbocycles. The molecule has 1 aromatic heterocycles. The zero-order valence-corrected chi connectivity index (χ0v) is 10.0. The Kier molecular flexibility index (Phi) is 3.22. The lowest BCUT2D eigenvalue weighted by molar-refractivity contribution is 0.0607. The monoisotopic (exact) mass is 253 g/mol. The first-order valence-corrected chi connectivity index (χ1v) is 5.76. The summed E-state index contributed by atoms with van der Waals surface area (Å²) in [6.07, 6.45) is 0. The summed E-state index contributed by atoms with van der Waals surface area (Å²) < 4.78 is 4.69. The van der Waals surface area contributed by atoms with E-state index < -0.39 is 0 Å². The zero-order chi connectivity index (χ0) is 11.5. The maximum atomic E-state index is 11.5. The molecule has 0 fully saturated rings. The topological polar surface area (TPSA) is 39.2 Å². The number of hydrogen-bond donors (Lipinski definition) is 0. The van der Waals surface area contributed by atoms with Gasteiger partial charge in [0.25, 0.3) is 0 Å². The molecule has 0 bridgehead atoms. The summed E-state index contributed by atoms with van der Waals surface area (Å²) in [5.74, 6) is -0.377. The van der Waals surface area contributed by atoms with Gasteiger partial charge in [-0.1, -0.05) is 23.7 Å². The van der Waals surface area contributed by atoms with Gasteiger partial charge in [0.05, 0.1) is 18.3 Å². The van der Waals surface area contributed by atoms with E-state index in [0.717, 1.165) is 5.56 Å². The number of carbonyl (C=O) groups is 1. The first-order valence-electron chi connectivity index (χ1n) is 4.50. The quantitative estimate of drug-likeness (QED) is 0.772. The van der Waals surface area contributed by atoms with E-state index in [1.165, 1.54) is 18.4 Å². The molecule has 0 saturated heterocycles. The fourth-order valence-corrected chi connectivity index (χ4v) is 2.24. The number of halogens is 1. The highest BCUT2D eigenvalue weighted by molar-refractivity contribution is 7.12. The second kappa shape index (κ2) is 4.63. The van der Waals surface area contributed by atoms with Gasteiger partial charge in [-0.3, -0.25) is 0 Å². The van der Waals surface area contributed by atoms with Crippen molar-refractivity contribution in [2.45, 2.75) is 0 Å². The van der Waals surface area contributed by atoms with Crippen molar-refractivity contribution in [2.24, 2.45) is 0 Å². The zero-order valence-electron chi connectivity index (χ0n) is 8.44. The number of aromatic nitrogens is 1. The predicted octanol–water partition coefficient (Wildman–Crippen LogP) is 3.25. The second-order valence-corrected chi connectivity index (χ2v) is 4.32. The number of esters is 1. The lowest BCUT2D eigenvalue weighted by atomic mass is 10.1. The average molecular weight is 254 g/mol. The summed E-state index contributed by atoms with van der Waals surface area (Å²) in [6.45, 7) is 0. The van der Waals surface area contributed by atoms with Crippen LogP contribution in [0.5, 0.6) is 0 Å². The van der Waals surface area contributed by atoms with Crippen LogP contribution in [0.25, 0.3) is 11.3 Å². The van der Waals surface area contributed by atoms with Gasteiger partial charge in [0.2, 0.25) is 0 Å². The van der Waals surface area contributed by atoms with Crippen LogP contribution in [0.15, 0.2) is 29.8 Å². The van der Waals surface area contributed by atoms with Gasteiger partial charge >= 0.3 is 5.97 Å². The van der Waals surface area contributed by atoms with Crippen LogP contribution in [0.4, 0.5) is 0 Å². The molecule has 2 aromatic rings. The molecule has 5 heteroatoms. The highest BCUT2D eigenvalue weighted by atomic mass is 35.5. The van der Waals surface area contributed by atoms with Crippen LogP contribution in [0.3, 0.4) is 0 Å². The third-order valence-electron chi connectivity index (χ3n) is 2.04. The van der Waals surface area contributed by atoms with Gasteiger partial charge in [-0.2, -0.15) is 0 Å². The van der Waals surface area contributed by atoms with Crippen LogP contribution in [0, 0.1) is 0 Å². The van der Waals surface area contributed by atoms with Gasteiger partial charge in [0.15, 0.2) is 0 Å². The van der Waals surface area contributed by atoms with Gasteiger partial charge in [-0.25, -0.2) is 9.78 Å². The van der Waals surface area contributed by atoms with Gasteiger partial charge in [0, 0.05) is 10.6 Å². The molecule has 0 saturated carbocycles. The first-order chi connectivity index (χ1) is 7.72. The summed E-state index contributed by atoms with van der Waals surface area (Å²) in [7, 11) is 1.35. The number of thiazole rings is 1. The van der Waals surface area contributed by atoms with E-state index in [1.807, 2.05) is 12.1 Å². The lowest BCUT2D eigenvalue weighted by Crippen LogP contribution is -2.00. The minimum atomic E-state index is -0.377. The maximum Gasteiger partial charge on any atom is 0.350 e. The molecule has 2 rings (SSSR count). The van der Waals surface area contributed by atoms with Crippen molar-refractivity contribution in [3.8, 4) is 11.3 Å². The number of carbonyl (C=O) groups excluding carboxylic acids is 1. The van der Waals surface area contributed by atoms with E-state index in [1.54, 1.807) is 17.6 Å². The molecule has 82 valence electrons. The Morgan fingerprint density at radius 2 is 2.31 bits per heavy atom. The Labute approximate surface area is 102 Å². The van der Waals surface area contributed by atoms with Crippen molar-refractivity contribution in [3.05, 3.63) is 39.7 Å². The third-order valence-corrected chi connectivity index (χ3v) is 3.08. The van der Waals surface area contributed by atoms with E-state index in [4.69, 9.17) is 11.6 Å². The number of benzene rings is 1. The fourth-order valence-electron chi connectivity index (χ4n) is 1.33. The van der Waals surface area contributed by atoms with Crippen molar-refractivity contribution >= 4 is 28.9 Å². The second-order valence-electron chi connectivity index (χ2n) is 3.03. The van der Waals surface area contributed by atoms with E-state index >= 15 is 0 Å². The van der Waals surface area contributed by atoms with E-state index in [0.29, 0.717) is 15.6 Å².